The van der Waals surface area contributed by atoms with E-state index >= 15 is 0 Å². The van der Waals surface area contributed by atoms with Gasteiger partial charge in [-0.05, 0) is 6.92 Å². The van der Waals surface area contributed by atoms with Crippen molar-refractivity contribution in [2.45, 2.75) is 19.0 Å². The van der Waals surface area contributed by atoms with Crippen LogP contribution in [0.2, 0.25) is 0 Å². The number of carbonyl (C=O) groups excluding carboxylic acids is 1. The second-order valence-corrected chi connectivity index (χ2v) is 3.76. The molecule has 1 atom stereocenters. The monoisotopic (exact) mass is 215 g/mol. The average Bonchev–Trinajstić information content (AvgIpc) is 2.67. The number of thioether (sulfide) groups is 1. The predicted octanol–water partition coefficient (Wildman–Crippen LogP) is 1.10. The van der Waals surface area contributed by atoms with E-state index in [-0.39, 0.29) is 11.9 Å². The molecule has 0 fully saturated rings. The van der Waals surface area contributed by atoms with Crippen LogP contribution in [0, 0.1) is 5.92 Å². The number of nitrogens with zero attached hydrogens (tertiary/aromatic N) is 2. The number of hydrogen-bond acceptors (Lipinski definition) is 5. The van der Waals surface area contributed by atoms with Crippen LogP contribution in [0.15, 0.2) is 11.5 Å². The van der Waals surface area contributed by atoms with Gasteiger partial charge in [0.15, 0.2) is 5.16 Å². The van der Waals surface area contributed by atoms with Crippen LogP contribution >= 0.6 is 11.8 Å². The molecule has 1 aromatic rings. The zero-order valence-electron chi connectivity index (χ0n) is 8.19. The summed E-state index contributed by atoms with van der Waals surface area (Å²) in [5.41, 5.74) is 0. The summed E-state index contributed by atoms with van der Waals surface area (Å²) in [5.74, 6) is 0.359. The molecule has 1 aromatic heterocycles. The maximum atomic E-state index is 11.2. The SMILES string of the molecule is CCOC(=O)C(C)CSc1ncn[nH]1. The molecule has 0 radical (unpaired) electrons. The summed E-state index contributed by atoms with van der Waals surface area (Å²) in [4.78, 5) is 15.2. The van der Waals surface area contributed by atoms with Gasteiger partial charge in [-0.15, -0.1) is 0 Å². The van der Waals surface area contributed by atoms with Gasteiger partial charge in [0, 0.05) is 5.75 Å². The molecule has 1 unspecified atom stereocenters. The number of rotatable bonds is 5. The van der Waals surface area contributed by atoms with E-state index in [0.717, 1.165) is 5.16 Å². The number of carbonyl (C=O) groups is 1. The van der Waals surface area contributed by atoms with E-state index in [9.17, 15) is 4.79 Å². The molecule has 0 aliphatic rings. The van der Waals surface area contributed by atoms with Crippen molar-refractivity contribution in [1.82, 2.24) is 15.2 Å². The van der Waals surface area contributed by atoms with Gasteiger partial charge in [0.05, 0.1) is 12.5 Å². The van der Waals surface area contributed by atoms with Crippen LogP contribution in [0.5, 0.6) is 0 Å². The number of hydrogen-bond donors (Lipinski definition) is 1. The van der Waals surface area contributed by atoms with Crippen molar-refractivity contribution in [3.05, 3.63) is 6.33 Å². The quantitative estimate of drug-likeness (QED) is 0.588. The van der Waals surface area contributed by atoms with E-state index in [4.69, 9.17) is 4.74 Å². The molecule has 0 aromatic carbocycles. The lowest BCUT2D eigenvalue weighted by Crippen LogP contribution is -2.16. The molecular formula is C8H13N3O2S. The number of ether oxygens (including phenoxy) is 1. The Balaban J connectivity index is 2.27. The van der Waals surface area contributed by atoms with Crippen LogP contribution < -0.4 is 0 Å². The Morgan fingerprint density at radius 3 is 3.14 bits per heavy atom. The van der Waals surface area contributed by atoms with E-state index in [1.165, 1.54) is 18.1 Å². The molecule has 1 heterocycles. The third-order valence-corrected chi connectivity index (χ3v) is 2.69. The van der Waals surface area contributed by atoms with Crippen molar-refractivity contribution in [3.8, 4) is 0 Å². The molecule has 14 heavy (non-hydrogen) atoms. The summed E-state index contributed by atoms with van der Waals surface area (Å²) in [6, 6.07) is 0. The minimum atomic E-state index is -0.167. The van der Waals surface area contributed by atoms with Gasteiger partial charge in [-0.3, -0.25) is 9.89 Å². The Morgan fingerprint density at radius 1 is 1.79 bits per heavy atom. The Labute approximate surface area is 86.6 Å². The van der Waals surface area contributed by atoms with Crippen LogP contribution in [0.1, 0.15) is 13.8 Å². The summed E-state index contributed by atoms with van der Waals surface area (Å²) in [6.45, 7) is 4.06. The number of esters is 1. The Kier molecular flexibility index (Phi) is 4.45. The molecule has 0 saturated heterocycles. The molecule has 0 bridgehead atoms. The first-order chi connectivity index (χ1) is 6.74. The van der Waals surface area contributed by atoms with E-state index in [1.807, 2.05) is 6.92 Å². The summed E-state index contributed by atoms with van der Waals surface area (Å²) >= 11 is 1.46. The van der Waals surface area contributed by atoms with Gasteiger partial charge in [0.2, 0.25) is 0 Å². The highest BCUT2D eigenvalue weighted by Crippen LogP contribution is 2.15. The van der Waals surface area contributed by atoms with Crippen molar-refractivity contribution in [2.75, 3.05) is 12.4 Å². The minimum absolute atomic E-state index is 0.120. The fraction of sp³-hybridized carbons (Fsp3) is 0.625. The molecule has 0 saturated carbocycles. The topological polar surface area (TPSA) is 67.9 Å². The molecule has 5 nitrogen and oxygen atoms in total. The normalized spacial score (nSPS) is 12.4. The number of aromatic amines is 1. The lowest BCUT2D eigenvalue weighted by Gasteiger charge is -2.08. The van der Waals surface area contributed by atoms with Crippen molar-refractivity contribution >= 4 is 17.7 Å². The van der Waals surface area contributed by atoms with Gasteiger partial charge < -0.3 is 4.74 Å². The summed E-state index contributed by atoms with van der Waals surface area (Å²) in [5, 5.41) is 7.14. The lowest BCUT2D eigenvalue weighted by molar-refractivity contribution is -0.146. The molecule has 0 aliphatic carbocycles. The number of nitrogens with one attached hydrogen (secondary N) is 1. The van der Waals surface area contributed by atoms with Gasteiger partial charge in [-0.25, -0.2) is 4.98 Å². The zero-order chi connectivity index (χ0) is 10.4. The predicted molar refractivity (Wildman–Crippen MR) is 52.9 cm³/mol. The largest absolute Gasteiger partial charge is 0.466 e. The Hall–Kier alpha value is -1.04. The molecular weight excluding hydrogens is 202 g/mol. The average molecular weight is 215 g/mol. The van der Waals surface area contributed by atoms with Crippen LogP contribution in [0.3, 0.4) is 0 Å². The smallest absolute Gasteiger partial charge is 0.309 e. The Morgan fingerprint density at radius 2 is 2.57 bits per heavy atom. The fourth-order valence-electron chi connectivity index (χ4n) is 0.820. The molecule has 0 amide bonds. The molecule has 78 valence electrons. The molecule has 1 rings (SSSR count). The van der Waals surface area contributed by atoms with E-state index in [2.05, 4.69) is 15.2 Å². The third kappa shape index (κ3) is 3.37. The molecule has 1 N–H and O–H groups in total. The number of aromatic nitrogens is 3. The Bertz CT molecular complexity index is 276. The first kappa shape index (κ1) is 11.0. The van der Waals surface area contributed by atoms with Crippen LogP contribution in [-0.4, -0.2) is 33.5 Å². The second-order valence-electron chi connectivity index (χ2n) is 2.75. The van der Waals surface area contributed by atoms with Crippen molar-refractivity contribution in [3.63, 3.8) is 0 Å². The third-order valence-electron chi connectivity index (χ3n) is 1.55. The molecule has 6 heteroatoms. The zero-order valence-corrected chi connectivity index (χ0v) is 9.00. The maximum Gasteiger partial charge on any atom is 0.309 e. The maximum absolute atomic E-state index is 11.2. The fourth-order valence-corrected chi connectivity index (χ4v) is 1.60. The summed E-state index contributed by atoms with van der Waals surface area (Å²) in [6.07, 6.45) is 1.44. The number of H-pyrrole nitrogens is 1. The van der Waals surface area contributed by atoms with Crippen LogP contribution in [-0.2, 0) is 9.53 Å². The molecule has 0 aliphatic heterocycles. The summed E-state index contributed by atoms with van der Waals surface area (Å²) in [7, 11) is 0. The van der Waals surface area contributed by atoms with Gasteiger partial charge in [0.1, 0.15) is 6.33 Å². The van der Waals surface area contributed by atoms with E-state index in [0.29, 0.717) is 12.4 Å². The van der Waals surface area contributed by atoms with Crippen LogP contribution in [0.25, 0.3) is 0 Å². The van der Waals surface area contributed by atoms with Crippen LogP contribution in [0.4, 0.5) is 0 Å². The highest BCUT2D eigenvalue weighted by atomic mass is 32.2. The highest BCUT2D eigenvalue weighted by molar-refractivity contribution is 7.99. The summed E-state index contributed by atoms with van der Waals surface area (Å²) < 4.78 is 4.88. The highest BCUT2D eigenvalue weighted by Gasteiger charge is 2.14. The van der Waals surface area contributed by atoms with E-state index in [1.54, 1.807) is 6.92 Å². The van der Waals surface area contributed by atoms with E-state index < -0.39 is 0 Å². The molecule has 0 spiro atoms. The van der Waals surface area contributed by atoms with Gasteiger partial charge in [-0.1, -0.05) is 18.7 Å². The van der Waals surface area contributed by atoms with Crippen molar-refractivity contribution in [1.29, 1.82) is 0 Å². The van der Waals surface area contributed by atoms with Crippen molar-refractivity contribution < 1.29 is 9.53 Å². The van der Waals surface area contributed by atoms with Crippen molar-refractivity contribution in [2.24, 2.45) is 5.92 Å². The lowest BCUT2D eigenvalue weighted by atomic mass is 10.2. The van der Waals surface area contributed by atoms with Gasteiger partial charge in [0.25, 0.3) is 0 Å². The van der Waals surface area contributed by atoms with Gasteiger partial charge in [-0.2, -0.15) is 5.10 Å². The minimum Gasteiger partial charge on any atom is -0.466 e. The first-order valence-electron chi connectivity index (χ1n) is 4.38. The van der Waals surface area contributed by atoms with Gasteiger partial charge >= 0.3 is 5.97 Å². The second kappa shape index (κ2) is 5.64. The standard InChI is InChI=1S/C8H13N3O2S/c1-3-13-7(12)6(2)4-14-8-9-5-10-11-8/h5-6H,3-4H2,1-2H3,(H,9,10,11). The first-order valence-corrected chi connectivity index (χ1v) is 5.37.